The highest BCUT2D eigenvalue weighted by Gasteiger charge is 2.05. The average molecular weight is 271 g/mol. The number of ether oxygens (including phenoxy) is 1. The number of aliphatic hydroxyl groups excluding tert-OH is 1. The van der Waals surface area contributed by atoms with Crippen molar-refractivity contribution in [1.29, 1.82) is 0 Å². The molecule has 1 aromatic carbocycles. The lowest BCUT2D eigenvalue weighted by atomic mass is 10.2. The van der Waals surface area contributed by atoms with E-state index in [2.05, 4.69) is 0 Å². The molecule has 0 bridgehead atoms. The topological polar surface area (TPSA) is 36.6 Å². The van der Waals surface area contributed by atoms with Gasteiger partial charge in [-0.3, -0.25) is 0 Å². The molecule has 0 radical (unpaired) electrons. The van der Waals surface area contributed by atoms with Crippen LogP contribution in [0.2, 0.25) is 0 Å². The van der Waals surface area contributed by atoms with Gasteiger partial charge in [0, 0.05) is 37.5 Å². The summed E-state index contributed by atoms with van der Waals surface area (Å²) >= 11 is 0. The molecule has 20 heavy (non-hydrogen) atoms. The van der Waals surface area contributed by atoms with E-state index in [-0.39, 0.29) is 5.76 Å². The Labute approximate surface area is 119 Å². The van der Waals surface area contributed by atoms with Crippen LogP contribution < -0.4 is 14.2 Å². The highest BCUT2D eigenvalue weighted by molar-refractivity contribution is 5.66. The maximum atomic E-state index is 10.1. The number of hydrogen-bond acceptors (Lipinski definition) is 3. The van der Waals surface area contributed by atoms with Crippen LogP contribution >= 0.6 is 0 Å². The van der Waals surface area contributed by atoms with Crippen LogP contribution in [-0.2, 0) is 0 Å². The molecule has 104 valence electrons. The van der Waals surface area contributed by atoms with Gasteiger partial charge in [0.05, 0.1) is 7.11 Å². The molecule has 0 amide bonds. The molecule has 2 rings (SSSR count). The van der Waals surface area contributed by atoms with Gasteiger partial charge in [-0.05, 0) is 24.3 Å². The average Bonchev–Trinajstić information content (AvgIpc) is 2.48. The van der Waals surface area contributed by atoms with Crippen LogP contribution in [0.3, 0.4) is 0 Å². The minimum Gasteiger partial charge on any atom is -0.502 e. The number of benzene rings is 1. The fourth-order valence-electron chi connectivity index (χ4n) is 1.79. The predicted molar refractivity (Wildman–Crippen MR) is 80.8 cm³/mol. The zero-order valence-electron chi connectivity index (χ0n) is 11.9. The molecule has 1 aromatic heterocycles. The molecule has 2 aromatic rings. The molecule has 0 aliphatic rings. The van der Waals surface area contributed by atoms with Crippen molar-refractivity contribution in [2.45, 2.75) is 0 Å². The van der Waals surface area contributed by atoms with Crippen molar-refractivity contribution in [2.24, 2.45) is 0 Å². The first kappa shape index (κ1) is 13.9. The van der Waals surface area contributed by atoms with Crippen LogP contribution in [0.5, 0.6) is 5.75 Å². The van der Waals surface area contributed by atoms with Gasteiger partial charge in [-0.1, -0.05) is 0 Å². The summed E-state index contributed by atoms with van der Waals surface area (Å²) in [6.45, 7) is 0. The third-order valence-electron chi connectivity index (χ3n) is 3.01. The SMILES string of the molecule is COc1ccc(/C(O)=C/[n+]2ccc(N(C)C)cc2)cc1. The van der Waals surface area contributed by atoms with E-state index >= 15 is 0 Å². The number of pyridine rings is 1. The summed E-state index contributed by atoms with van der Waals surface area (Å²) in [4.78, 5) is 2.03. The largest absolute Gasteiger partial charge is 0.502 e. The fraction of sp³-hybridized carbons (Fsp3) is 0.188. The first-order valence-electron chi connectivity index (χ1n) is 6.33. The van der Waals surface area contributed by atoms with Gasteiger partial charge in [0.25, 0.3) is 0 Å². The number of rotatable bonds is 4. The van der Waals surface area contributed by atoms with Crippen LogP contribution in [0.4, 0.5) is 5.69 Å². The minimum atomic E-state index is 0.204. The van der Waals surface area contributed by atoms with Crippen molar-refractivity contribution in [1.82, 2.24) is 0 Å². The molecule has 1 heterocycles. The number of nitrogens with zero attached hydrogens (tertiary/aromatic N) is 2. The van der Waals surface area contributed by atoms with E-state index in [1.54, 1.807) is 13.3 Å². The number of aliphatic hydroxyl groups is 1. The first-order valence-corrected chi connectivity index (χ1v) is 6.33. The number of methoxy groups -OCH3 is 1. The fourth-order valence-corrected chi connectivity index (χ4v) is 1.79. The number of hydrogen-bond donors (Lipinski definition) is 1. The Morgan fingerprint density at radius 1 is 1.10 bits per heavy atom. The van der Waals surface area contributed by atoms with Gasteiger partial charge in [0.2, 0.25) is 6.20 Å². The highest BCUT2D eigenvalue weighted by Crippen LogP contribution is 2.16. The van der Waals surface area contributed by atoms with E-state index in [0.29, 0.717) is 0 Å². The maximum absolute atomic E-state index is 10.1. The molecule has 0 fully saturated rings. The van der Waals surface area contributed by atoms with Gasteiger partial charge in [0.15, 0.2) is 18.2 Å². The lowest BCUT2D eigenvalue weighted by Crippen LogP contribution is -2.25. The van der Waals surface area contributed by atoms with Gasteiger partial charge >= 0.3 is 0 Å². The number of anilines is 1. The molecule has 0 unspecified atom stereocenters. The molecule has 4 heteroatoms. The van der Waals surface area contributed by atoms with E-state index in [1.807, 2.05) is 72.4 Å². The molecule has 0 atom stereocenters. The van der Waals surface area contributed by atoms with Crippen LogP contribution in [0, 0.1) is 0 Å². The maximum Gasteiger partial charge on any atom is 0.216 e. The van der Waals surface area contributed by atoms with E-state index in [9.17, 15) is 5.11 Å². The molecule has 4 nitrogen and oxygen atoms in total. The zero-order valence-corrected chi connectivity index (χ0v) is 11.9. The lowest BCUT2D eigenvalue weighted by Gasteiger charge is -2.09. The molecule has 1 N–H and O–H groups in total. The van der Waals surface area contributed by atoms with Gasteiger partial charge in [-0.25, -0.2) is 0 Å². The minimum absolute atomic E-state index is 0.204. The second kappa shape index (κ2) is 6.10. The molecule has 0 saturated heterocycles. The normalized spacial score (nSPS) is 11.2. The molecule has 0 aliphatic heterocycles. The van der Waals surface area contributed by atoms with E-state index < -0.39 is 0 Å². The zero-order chi connectivity index (χ0) is 14.5. The summed E-state index contributed by atoms with van der Waals surface area (Å²) in [5.41, 5.74) is 1.86. The Morgan fingerprint density at radius 3 is 2.20 bits per heavy atom. The Kier molecular flexibility index (Phi) is 4.25. The summed E-state index contributed by atoms with van der Waals surface area (Å²) in [6, 6.07) is 11.2. The van der Waals surface area contributed by atoms with Gasteiger partial charge in [-0.2, -0.15) is 4.57 Å². The monoisotopic (exact) mass is 271 g/mol. The molecular formula is C16H19N2O2+. The Bertz CT molecular complexity index is 587. The van der Waals surface area contributed by atoms with E-state index in [1.165, 1.54) is 0 Å². The quantitative estimate of drug-likeness (QED) is 0.686. The third-order valence-corrected chi connectivity index (χ3v) is 3.01. The van der Waals surface area contributed by atoms with Gasteiger partial charge in [-0.15, -0.1) is 0 Å². The smallest absolute Gasteiger partial charge is 0.216 e. The number of aromatic nitrogens is 1. The van der Waals surface area contributed by atoms with Crippen LogP contribution in [0.15, 0.2) is 48.8 Å². The van der Waals surface area contributed by atoms with Crippen molar-refractivity contribution in [2.75, 3.05) is 26.1 Å². The summed E-state index contributed by atoms with van der Waals surface area (Å²) < 4.78 is 6.90. The van der Waals surface area contributed by atoms with E-state index in [0.717, 1.165) is 17.0 Å². The van der Waals surface area contributed by atoms with E-state index in [4.69, 9.17) is 4.74 Å². The molecule has 0 saturated carbocycles. The Morgan fingerprint density at radius 2 is 1.70 bits per heavy atom. The molecular weight excluding hydrogens is 252 g/mol. The van der Waals surface area contributed by atoms with Crippen molar-refractivity contribution < 1.29 is 14.4 Å². The highest BCUT2D eigenvalue weighted by atomic mass is 16.5. The first-order chi connectivity index (χ1) is 9.60. The second-order valence-electron chi connectivity index (χ2n) is 4.64. The Hall–Kier alpha value is -2.49. The van der Waals surface area contributed by atoms with Crippen molar-refractivity contribution in [3.8, 4) is 5.75 Å². The predicted octanol–water partition coefficient (Wildman–Crippen LogP) is 2.56. The Balaban J connectivity index is 2.20. The second-order valence-corrected chi connectivity index (χ2v) is 4.64. The van der Waals surface area contributed by atoms with Gasteiger partial charge < -0.3 is 14.7 Å². The van der Waals surface area contributed by atoms with Gasteiger partial charge in [0.1, 0.15) is 5.75 Å². The van der Waals surface area contributed by atoms with Crippen molar-refractivity contribution in [3.63, 3.8) is 0 Å². The van der Waals surface area contributed by atoms with Crippen LogP contribution in [0.25, 0.3) is 12.0 Å². The third kappa shape index (κ3) is 3.29. The van der Waals surface area contributed by atoms with Crippen molar-refractivity contribution in [3.05, 3.63) is 54.4 Å². The van der Waals surface area contributed by atoms with Crippen LogP contribution in [-0.4, -0.2) is 26.3 Å². The van der Waals surface area contributed by atoms with Crippen molar-refractivity contribution >= 4 is 17.6 Å². The lowest BCUT2D eigenvalue weighted by molar-refractivity contribution is -0.568. The summed E-state index contributed by atoms with van der Waals surface area (Å²) in [7, 11) is 5.60. The summed E-state index contributed by atoms with van der Waals surface area (Å²) in [5.74, 6) is 0.972. The summed E-state index contributed by atoms with van der Waals surface area (Å²) in [5, 5.41) is 10.1. The summed E-state index contributed by atoms with van der Waals surface area (Å²) in [6.07, 6.45) is 5.46. The standard InChI is InChI=1S/C16H18N2O2/c1-17(2)14-8-10-18(11-9-14)12-16(19)13-4-6-15(20-3)7-5-13/h4-12H,1-3H3/p+1/b16-12-. The molecule has 0 spiro atoms. The van der Waals surface area contributed by atoms with Crippen LogP contribution in [0.1, 0.15) is 5.56 Å². The molecule has 0 aliphatic carbocycles.